The van der Waals surface area contributed by atoms with Crippen LogP contribution in [0.15, 0.2) is 47.5 Å². The largest absolute Gasteiger partial charge is 0.504 e. The number of phenols is 1. The average Bonchev–Trinajstić information content (AvgIpc) is 2.59. The molecule has 0 aromatic heterocycles. The van der Waals surface area contributed by atoms with E-state index in [1.807, 2.05) is 36.2 Å². The van der Waals surface area contributed by atoms with Crippen LogP contribution in [0.25, 0.3) is 11.1 Å². The number of nitrogens with two attached hydrogens (primary N) is 1. The van der Waals surface area contributed by atoms with Crippen molar-refractivity contribution in [1.82, 2.24) is 4.90 Å². The molecule has 2 aromatic carbocycles. The van der Waals surface area contributed by atoms with Gasteiger partial charge in [-0.1, -0.05) is 24.3 Å². The molecule has 0 saturated heterocycles. The van der Waals surface area contributed by atoms with Crippen LogP contribution in [0.3, 0.4) is 0 Å². The molecule has 5 heteroatoms. The van der Waals surface area contributed by atoms with Crippen molar-refractivity contribution in [2.24, 2.45) is 10.7 Å². The van der Waals surface area contributed by atoms with Crippen molar-refractivity contribution in [1.29, 1.82) is 0 Å². The molecule has 1 aliphatic heterocycles. The predicted octanol–water partition coefficient (Wildman–Crippen LogP) is 2.93. The third-order valence-corrected chi connectivity index (χ3v) is 4.68. The van der Waals surface area contributed by atoms with Crippen LogP contribution in [0, 0.1) is 0 Å². The molecule has 1 heterocycles. The summed E-state index contributed by atoms with van der Waals surface area (Å²) >= 11 is 0. The summed E-state index contributed by atoms with van der Waals surface area (Å²) in [5.41, 5.74) is 8.87. The molecule has 0 amide bonds. The number of methoxy groups -OCH3 is 1. The van der Waals surface area contributed by atoms with Crippen molar-refractivity contribution in [3.63, 3.8) is 0 Å². The number of hydrogen-bond acceptors (Lipinski definition) is 5. The van der Waals surface area contributed by atoms with Crippen LogP contribution in [-0.4, -0.2) is 36.7 Å². The summed E-state index contributed by atoms with van der Waals surface area (Å²) in [6.45, 7) is 2.99. The summed E-state index contributed by atoms with van der Waals surface area (Å²) < 4.78 is 5.21. The number of nitrogens with zero attached hydrogens (tertiary/aromatic N) is 2. The number of phenolic OH excluding ortho intramolecular Hbond substituents is 1. The Morgan fingerprint density at radius 2 is 1.96 bits per heavy atom. The fraction of sp³-hybridized carbons (Fsp3) is 0.316. The minimum atomic E-state index is -0.326. The van der Waals surface area contributed by atoms with Crippen molar-refractivity contribution in [3.8, 4) is 22.6 Å². The molecular formula is C19H23N3O2. The van der Waals surface area contributed by atoms with E-state index in [2.05, 4.69) is 19.1 Å². The zero-order valence-electron chi connectivity index (χ0n) is 14.3. The molecule has 1 aliphatic rings. The highest BCUT2D eigenvalue weighted by atomic mass is 16.5. The highest BCUT2D eigenvalue weighted by Crippen LogP contribution is 2.36. The van der Waals surface area contributed by atoms with Crippen LogP contribution in [0.2, 0.25) is 0 Å². The van der Waals surface area contributed by atoms with Crippen molar-refractivity contribution >= 4 is 5.96 Å². The number of aromatic hydroxyl groups is 1. The number of ether oxygens (including phenoxy) is 1. The van der Waals surface area contributed by atoms with E-state index in [-0.39, 0.29) is 11.3 Å². The molecule has 0 fully saturated rings. The topological polar surface area (TPSA) is 71.1 Å². The number of rotatable bonds is 3. The normalized spacial score (nSPS) is 20.6. The lowest BCUT2D eigenvalue weighted by molar-refractivity contribution is 0.339. The van der Waals surface area contributed by atoms with Gasteiger partial charge in [-0.3, -0.25) is 0 Å². The summed E-state index contributed by atoms with van der Waals surface area (Å²) in [4.78, 5) is 6.67. The lowest BCUT2D eigenvalue weighted by atomic mass is 9.86. The van der Waals surface area contributed by atoms with Gasteiger partial charge in [-0.15, -0.1) is 0 Å². The molecule has 0 bridgehead atoms. The van der Waals surface area contributed by atoms with E-state index < -0.39 is 0 Å². The minimum Gasteiger partial charge on any atom is -0.504 e. The third kappa shape index (κ3) is 2.89. The quantitative estimate of drug-likeness (QED) is 0.910. The SMILES string of the molecule is COc1cc(-c2cccc(C3(C)CCN(C)C(N)=N3)c2)ccc1O. The van der Waals surface area contributed by atoms with E-state index in [0.29, 0.717) is 11.7 Å². The number of guanidine groups is 1. The second-order valence-electron chi connectivity index (χ2n) is 6.38. The summed E-state index contributed by atoms with van der Waals surface area (Å²) in [6, 6.07) is 13.7. The van der Waals surface area contributed by atoms with Gasteiger partial charge < -0.3 is 20.5 Å². The molecule has 2 aromatic rings. The van der Waals surface area contributed by atoms with Gasteiger partial charge in [0.25, 0.3) is 0 Å². The van der Waals surface area contributed by atoms with Gasteiger partial charge >= 0.3 is 0 Å². The Balaban J connectivity index is 2.01. The Hall–Kier alpha value is -2.69. The predicted molar refractivity (Wildman–Crippen MR) is 96.3 cm³/mol. The second kappa shape index (κ2) is 6.07. The van der Waals surface area contributed by atoms with E-state index in [9.17, 15) is 5.11 Å². The number of hydrogen-bond donors (Lipinski definition) is 2. The zero-order chi connectivity index (χ0) is 17.3. The fourth-order valence-corrected chi connectivity index (χ4v) is 2.99. The van der Waals surface area contributed by atoms with Crippen molar-refractivity contribution < 1.29 is 9.84 Å². The first kappa shape index (κ1) is 16.2. The van der Waals surface area contributed by atoms with E-state index in [0.717, 1.165) is 29.7 Å². The molecule has 1 unspecified atom stereocenters. The molecule has 0 spiro atoms. The molecule has 0 saturated carbocycles. The molecule has 0 aliphatic carbocycles. The van der Waals surface area contributed by atoms with Gasteiger partial charge in [-0.2, -0.15) is 0 Å². The molecular weight excluding hydrogens is 302 g/mol. The van der Waals surface area contributed by atoms with E-state index in [1.165, 1.54) is 0 Å². The van der Waals surface area contributed by atoms with Crippen molar-refractivity contribution in [2.45, 2.75) is 18.9 Å². The van der Waals surface area contributed by atoms with Crippen LogP contribution in [-0.2, 0) is 5.54 Å². The standard InChI is InChI=1S/C19H23N3O2/c1-19(9-10-22(2)18(20)21-19)15-6-4-5-13(11-15)14-7-8-16(23)17(12-14)24-3/h4-8,11-12,23H,9-10H2,1-3H3,(H2,20,21). The Bertz CT molecular complexity index is 788. The molecule has 0 radical (unpaired) electrons. The molecule has 3 rings (SSSR count). The number of benzene rings is 2. The third-order valence-electron chi connectivity index (χ3n) is 4.68. The van der Waals surface area contributed by atoms with E-state index >= 15 is 0 Å². The Kier molecular flexibility index (Phi) is 4.09. The van der Waals surface area contributed by atoms with Gasteiger partial charge in [-0.25, -0.2) is 4.99 Å². The summed E-state index contributed by atoms with van der Waals surface area (Å²) in [7, 11) is 3.50. The second-order valence-corrected chi connectivity index (χ2v) is 6.38. The van der Waals surface area contributed by atoms with Gasteiger partial charge in [0.05, 0.1) is 12.6 Å². The first-order valence-corrected chi connectivity index (χ1v) is 7.97. The van der Waals surface area contributed by atoms with Gasteiger partial charge in [0, 0.05) is 13.6 Å². The lowest BCUT2D eigenvalue weighted by Crippen LogP contribution is -2.43. The minimum absolute atomic E-state index is 0.136. The fourth-order valence-electron chi connectivity index (χ4n) is 2.99. The zero-order valence-corrected chi connectivity index (χ0v) is 14.3. The van der Waals surface area contributed by atoms with Crippen LogP contribution in [0.1, 0.15) is 18.9 Å². The van der Waals surface area contributed by atoms with Crippen LogP contribution in [0.5, 0.6) is 11.5 Å². The molecule has 5 nitrogen and oxygen atoms in total. The van der Waals surface area contributed by atoms with Gasteiger partial charge in [-0.05, 0) is 48.2 Å². The van der Waals surface area contributed by atoms with Gasteiger partial charge in [0.1, 0.15) is 0 Å². The maximum atomic E-state index is 9.77. The van der Waals surface area contributed by atoms with Gasteiger partial charge in [0.2, 0.25) is 0 Å². The van der Waals surface area contributed by atoms with Crippen LogP contribution < -0.4 is 10.5 Å². The Morgan fingerprint density at radius 3 is 2.67 bits per heavy atom. The van der Waals surface area contributed by atoms with Gasteiger partial charge in [0.15, 0.2) is 17.5 Å². The maximum Gasteiger partial charge on any atom is 0.191 e. The summed E-state index contributed by atoms with van der Waals surface area (Å²) in [5.74, 6) is 1.17. The lowest BCUT2D eigenvalue weighted by Gasteiger charge is -2.35. The first-order chi connectivity index (χ1) is 11.4. The number of aliphatic imine (C=N–C) groups is 1. The summed E-state index contributed by atoms with van der Waals surface area (Å²) in [6.07, 6.45) is 0.909. The van der Waals surface area contributed by atoms with Crippen LogP contribution in [0.4, 0.5) is 0 Å². The van der Waals surface area contributed by atoms with Crippen molar-refractivity contribution in [2.75, 3.05) is 20.7 Å². The maximum absolute atomic E-state index is 9.77. The van der Waals surface area contributed by atoms with E-state index in [4.69, 9.17) is 15.5 Å². The molecule has 24 heavy (non-hydrogen) atoms. The monoisotopic (exact) mass is 325 g/mol. The molecule has 1 atom stereocenters. The molecule has 126 valence electrons. The van der Waals surface area contributed by atoms with Crippen molar-refractivity contribution in [3.05, 3.63) is 48.0 Å². The first-order valence-electron chi connectivity index (χ1n) is 7.97. The van der Waals surface area contributed by atoms with E-state index in [1.54, 1.807) is 13.2 Å². The smallest absolute Gasteiger partial charge is 0.191 e. The Morgan fingerprint density at radius 1 is 1.21 bits per heavy atom. The average molecular weight is 325 g/mol. The summed E-state index contributed by atoms with van der Waals surface area (Å²) in [5, 5.41) is 9.77. The highest BCUT2D eigenvalue weighted by molar-refractivity contribution is 5.79. The van der Waals surface area contributed by atoms with Crippen LogP contribution >= 0.6 is 0 Å². The molecule has 3 N–H and O–H groups in total. The highest BCUT2D eigenvalue weighted by Gasteiger charge is 2.31. The Labute approximate surface area is 142 Å².